The molecule has 0 aliphatic heterocycles. The van der Waals surface area contributed by atoms with Crippen LogP contribution in [0.2, 0.25) is 0 Å². The van der Waals surface area contributed by atoms with Crippen LogP contribution >= 0.6 is 0 Å². The predicted molar refractivity (Wildman–Crippen MR) is 49.9 cm³/mol. The minimum absolute atomic E-state index is 0.369. The number of hydrogen-bond donors (Lipinski definition) is 0. The zero-order valence-corrected chi connectivity index (χ0v) is 6.99. The highest BCUT2D eigenvalue weighted by Gasteiger charge is 1.99. The van der Waals surface area contributed by atoms with Gasteiger partial charge in [0.05, 0.1) is 18.7 Å². The highest BCUT2D eigenvalue weighted by Crippen LogP contribution is 2.16. The normalized spacial score (nSPS) is 9.77. The van der Waals surface area contributed by atoms with E-state index in [1.165, 1.54) is 0 Å². The van der Waals surface area contributed by atoms with Gasteiger partial charge in [-0.15, -0.1) is 0 Å². The maximum atomic E-state index is 8.58. The van der Waals surface area contributed by atoms with Crippen molar-refractivity contribution in [3.63, 3.8) is 0 Å². The van der Waals surface area contributed by atoms with E-state index >= 15 is 0 Å². The molecule has 0 bridgehead atoms. The number of nitriles is 1. The molecule has 13 heavy (non-hydrogen) atoms. The Hall–Kier alpha value is -1.88. The Balaban J connectivity index is 2.70. The first-order valence-corrected chi connectivity index (χ1v) is 4.03. The van der Waals surface area contributed by atoms with Gasteiger partial charge >= 0.3 is 0 Å². The topological polar surface area (TPSA) is 36.7 Å². The van der Waals surface area contributed by atoms with Crippen molar-refractivity contribution in [2.24, 2.45) is 0 Å². The van der Waals surface area contributed by atoms with Crippen LogP contribution in [-0.2, 0) is 6.42 Å². The summed E-state index contributed by atoms with van der Waals surface area (Å²) in [6.45, 7) is 0. The summed E-state index contributed by atoms with van der Waals surface area (Å²) < 4.78 is 0. The predicted octanol–water partition coefficient (Wildman–Crippen LogP) is 2.10. The van der Waals surface area contributed by atoms with Gasteiger partial charge in [-0.2, -0.15) is 5.26 Å². The molecule has 0 N–H and O–H groups in total. The van der Waals surface area contributed by atoms with E-state index in [-0.39, 0.29) is 0 Å². The molecule has 0 saturated heterocycles. The fraction of sp³-hybridized carbons (Fsp3) is 0.0909. The molecule has 1 heterocycles. The van der Waals surface area contributed by atoms with Crippen molar-refractivity contribution >= 4 is 10.8 Å². The Morgan fingerprint density at radius 2 is 2.23 bits per heavy atom. The first-order chi connectivity index (χ1) is 6.42. The molecule has 1 aromatic carbocycles. The van der Waals surface area contributed by atoms with Crippen molar-refractivity contribution < 1.29 is 0 Å². The second-order valence-corrected chi connectivity index (χ2v) is 2.77. The molecule has 2 aromatic rings. The van der Waals surface area contributed by atoms with E-state index < -0.39 is 0 Å². The first-order valence-electron chi connectivity index (χ1n) is 4.03. The number of rotatable bonds is 1. The summed E-state index contributed by atoms with van der Waals surface area (Å²) in [5.41, 5.74) is 0.876. The van der Waals surface area contributed by atoms with Crippen LogP contribution in [0, 0.1) is 17.5 Å². The molecule has 0 atom stereocenters. The van der Waals surface area contributed by atoms with Gasteiger partial charge in [-0.1, -0.05) is 24.3 Å². The zero-order valence-electron chi connectivity index (χ0n) is 6.99. The first kappa shape index (κ1) is 7.75. The molecule has 0 aliphatic rings. The molecular formula is C11H7N2. The van der Waals surface area contributed by atoms with Crippen LogP contribution in [-0.4, -0.2) is 4.98 Å². The van der Waals surface area contributed by atoms with Gasteiger partial charge in [0.1, 0.15) is 0 Å². The lowest BCUT2D eigenvalue weighted by molar-refractivity contribution is 1.21. The highest BCUT2D eigenvalue weighted by molar-refractivity contribution is 5.84. The molecule has 2 rings (SSSR count). The summed E-state index contributed by atoms with van der Waals surface area (Å²) in [5.74, 6) is 0. The third-order valence-corrected chi connectivity index (χ3v) is 1.94. The van der Waals surface area contributed by atoms with Crippen molar-refractivity contribution in [2.45, 2.75) is 6.42 Å². The average molecular weight is 167 g/mol. The summed E-state index contributed by atoms with van der Waals surface area (Å²) >= 11 is 0. The van der Waals surface area contributed by atoms with E-state index in [1.54, 1.807) is 6.20 Å². The highest BCUT2D eigenvalue weighted by atomic mass is 14.6. The van der Waals surface area contributed by atoms with Crippen molar-refractivity contribution in [3.05, 3.63) is 42.2 Å². The smallest absolute Gasteiger partial charge is 0.0938 e. The Morgan fingerprint density at radius 1 is 1.38 bits per heavy atom. The van der Waals surface area contributed by atoms with Crippen LogP contribution in [0.1, 0.15) is 5.56 Å². The molecule has 61 valence electrons. The van der Waals surface area contributed by atoms with E-state index in [1.807, 2.05) is 24.3 Å². The molecule has 2 heteroatoms. The standard InChI is InChI=1S/C11H7N2/c12-6-5-10-8-13-7-9-3-1-2-4-11(9)10/h1-4,7H,5H2. The summed E-state index contributed by atoms with van der Waals surface area (Å²) in [6, 6.07) is 9.99. The van der Waals surface area contributed by atoms with Crippen LogP contribution in [0.4, 0.5) is 0 Å². The van der Waals surface area contributed by atoms with Crippen LogP contribution in [0.25, 0.3) is 10.8 Å². The SMILES string of the molecule is N#CCc1[c]ncc2ccccc12. The fourth-order valence-corrected chi connectivity index (χ4v) is 1.34. The Kier molecular flexibility index (Phi) is 1.93. The van der Waals surface area contributed by atoms with Crippen LogP contribution in [0.3, 0.4) is 0 Å². The third kappa shape index (κ3) is 1.36. The summed E-state index contributed by atoms with van der Waals surface area (Å²) in [6.07, 6.45) is 4.97. The molecule has 0 fully saturated rings. The van der Waals surface area contributed by atoms with Crippen molar-refractivity contribution in [1.82, 2.24) is 4.98 Å². The van der Waals surface area contributed by atoms with Crippen LogP contribution < -0.4 is 0 Å². The maximum Gasteiger partial charge on any atom is 0.0938 e. The van der Waals surface area contributed by atoms with E-state index in [2.05, 4.69) is 17.3 Å². The van der Waals surface area contributed by atoms with Gasteiger partial charge < -0.3 is 0 Å². The Bertz CT molecular complexity index is 463. The molecule has 1 aromatic heterocycles. The molecular weight excluding hydrogens is 160 g/mol. The minimum atomic E-state index is 0.369. The Morgan fingerprint density at radius 3 is 3.08 bits per heavy atom. The largest absolute Gasteiger partial charge is 0.254 e. The van der Waals surface area contributed by atoms with Gasteiger partial charge in [-0.3, -0.25) is 4.98 Å². The molecule has 0 saturated carbocycles. The molecule has 0 unspecified atom stereocenters. The van der Waals surface area contributed by atoms with Gasteiger partial charge in [0.25, 0.3) is 0 Å². The van der Waals surface area contributed by atoms with E-state index in [0.717, 1.165) is 16.3 Å². The van der Waals surface area contributed by atoms with Gasteiger partial charge in [0.2, 0.25) is 0 Å². The van der Waals surface area contributed by atoms with Crippen molar-refractivity contribution in [1.29, 1.82) is 5.26 Å². The van der Waals surface area contributed by atoms with E-state index in [9.17, 15) is 0 Å². The van der Waals surface area contributed by atoms with Gasteiger partial charge in [0, 0.05) is 17.1 Å². The van der Waals surface area contributed by atoms with E-state index in [0.29, 0.717) is 6.42 Å². The number of fused-ring (bicyclic) bond motifs is 1. The van der Waals surface area contributed by atoms with Gasteiger partial charge in [-0.05, 0) is 5.39 Å². The monoisotopic (exact) mass is 167 g/mol. The average Bonchev–Trinajstić information content (AvgIpc) is 2.19. The summed E-state index contributed by atoms with van der Waals surface area (Å²) in [5, 5.41) is 10.7. The quantitative estimate of drug-likeness (QED) is 0.652. The van der Waals surface area contributed by atoms with Crippen molar-refractivity contribution in [3.8, 4) is 6.07 Å². The fourth-order valence-electron chi connectivity index (χ4n) is 1.34. The molecule has 1 radical (unpaired) electrons. The molecule has 0 aliphatic carbocycles. The number of aromatic nitrogens is 1. The number of hydrogen-bond acceptors (Lipinski definition) is 2. The number of pyridine rings is 1. The molecule has 0 amide bonds. The van der Waals surface area contributed by atoms with Crippen molar-refractivity contribution in [2.75, 3.05) is 0 Å². The number of benzene rings is 1. The number of nitrogens with zero attached hydrogens (tertiary/aromatic N) is 2. The zero-order chi connectivity index (χ0) is 9.10. The molecule has 0 spiro atoms. The lowest BCUT2D eigenvalue weighted by Crippen LogP contribution is -1.86. The lowest BCUT2D eigenvalue weighted by atomic mass is 10.1. The second kappa shape index (κ2) is 3.24. The van der Waals surface area contributed by atoms with E-state index in [4.69, 9.17) is 5.26 Å². The van der Waals surface area contributed by atoms with Crippen LogP contribution in [0.15, 0.2) is 30.5 Å². The summed E-state index contributed by atoms with van der Waals surface area (Å²) in [4.78, 5) is 3.96. The second-order valence-electron chi connectivity index (χ2n) is 2.77. The Labute approximate surface area is 76.5 Å². The van der Waals surface area contributed by atoms with Crippen LogP contribution in [0.5, 0.6) is 0 Å². The van der Waals surface area contributed by atoms with Gasteiger partial charge in [-0.25, -0.2) is 0 Å². The van der Waals surface area contributed by atoms with Gasteiger partial charge in [0.15, 0.2) is 0 Å². The maximum absolute atomic E-state index is 8.58. The third-order valence-electron chi connectivity index (χ3n) is 1.94. The lowest BCUT2D eigenvalue weighted by Gasteiger charge is -1.99. The minimum Gasteiger partial charge on any atom is -0.254 e. The summed E-state index contributed by atoms with van der Waals surface area (Å²) in [7, 11) is 0. The molecule has 2 nitrogen and oxygen atoms in total.